The minimum absolute atomic E-state index is 0.107. The van der Waals surface area contributed by atoms with Gasteiger partial charge >= 0.3 is 0 Å². The van der Waals surface area contributed by atoms with Crippen LogP contribution in [0.3, 0.4) is 0 Å². The number of carbonyl (C=O) groups is 1. The molecule has 2 aromatic rings. The molecular formula is C18H22N2O2. The summed E-state index contributed by atoms with van der Waals surface area (Å²) in [5.74, 6) is 0.826. The Morgan fingerprint density at radius 1 is 1.14 bits per heavy atom. The lowest BCUT2D eigenvalue weighted by Gasteiger charge is -2.27. The van der Waals surface area contributed by atoms with Crippen LogP contribution >= 0.6 is 0 Å². The normalized spacial score (nSPS) is 16.2. The van der Waals surface area contributed by atoms with Crippen LogP contribution in [0.2, 0.25) is 0 Å². The van der Waals surface area contributed by atoms with Crippen LogP contribution in [0.4, 0.5) is 0 Å². The van der Waals surface area contributed by atoms with Crippen molar-refractivity contribution in [3.05, 3.63) is 42.4 Å². The van der Waals surface area contributed by atoms with Crippen LogP contribution in [0.1, 0.15) is 48.9 Å². The summed E-state index contributed by atoms with van der Waals surface area (Å²) < 4.78 is 5.27. The van der Waals surface area contributed by atoms with E-state index in [-0.39, 0.29) is 5.91 Å². The van der Waals surface area contributed by atoms with Gasteiger partial charge in [0.05, 0.1) is 6.20 Å². The SMILES string of the molecule is CN(C(=O)c1ccc(-c2cnco2)cc1)C1CCCCCC1. The third-order valence-electron chi connectivity index (χ3n) is 4.54. The molecule has 1 aliphatic rings. The summed E-state index contributed by atoms with van der Waals surface area (Å²) in [6, 6.07) is 7.94. The highest BCUT2D eigenvalue weighted by atomic mass is 16.3. The van der Waals surface area contributed by atoms with Crippen LogP contribution in [-0.2, 0) is 0 Å². The fourth-order valence-electron chi connectivity index (χ4n) is 3.15. The summed E-state index contributed by atoms with van der Waals surface area (Å²) in [6.45, 7) is 0. The third kappa shape index (κ3) is 3.21. The van der Waals surface area contributed by atoms with Crippen LogP contribution in [0.25, 0.3) is 11.3 Å². The van der Waals surface area contributed by atoms with Gasteiger partial charge in [0.2, 0.25) is 0 Å². The number of hydrogen-bond acceptors (Lipinski definition) is 3. The monoisotopic (exact) mass is 298 g/mol. The van der Waals surface area contributed by atoms with Gasteiger partial charge < -0.3 is 9.32 Å². The van der Waals surface area contributed by atoms with E-state index >= 15 is 0 Å². The molecule has 0 saturated heterocycles. The van der Waals surface area contributed by atoms with E-state index in [1.54, 1.807) is 6.20 Å². The van der Waals surface area contributed by atoms with Gasteiger partial charge in [0, 0.05) is 24.2 Å². The summed E-state index contributed by atoms with van der Waals surface area (Å²) in [6.07, 6.45) is 10.4. The van der Waals surface area contributed by atoms with Crippen LogP contribution in [-0.4, -0.2) is 28.9 Å². The first kappa shape index (κ1) is 14.8. The molecule has 0 bridgehead atoms. The molecule has 4 nitrogen and oxygen atoms in total. The highest BCUT2D eigenvalue weighted by molar-refractivity contribution is 5.94. The Morgan fingerprint density at radius 2 is 1.82 bits per heavy atom. The van der Waals surface area contributed by atoms with Gasteiger partial charge in [0.1, 0.15) is 0 Å². The minimum Gasteiger partial charge on any atom is -0.444 e. The first-order chi connectivity index (χ1) is 10.8. The molecule has 0 spiro atoms. The molecule has 3 rings (SSSR count). The number of carbonyl (C=O) groups excluding carboxylic acids is 1. The number of nitrogens with zero attached hydrogens (tertiary/aromatic N) is 2. The minimum atomic E-state index is 0.107. The van der Waals surface area contributed by atoms with E-state index in [1.807, 2.05) is 36.2 Å². The molecule has 22 heavy (non-hydrogen) atoms. The molecule has 0 unspecified atom stereocenters. The Balaban J connectivity index is 1.71. The Kier molecular flexibility index (Phi) is 4.56. The molecule has 1 heterocycles. The zero-order valence-corrected chi connectivity index (χ0v) is 13.0. The fraction of sp³-hybridized carbons (Fsp3) is 0.444. The van der Waals surface area contributed by atoms with Crippen molar-refractivity contribution in [1.82, 2.24) is 9.88 Å². The molecule has 1 fully saturated rings. The quantitative estimate of drug-likeness (QED) is 0.800. The molecule has 116 valence electrons. The van der Waals surface area contributed by atoms with Crippen molar-refractivity contribution in [2.45, 2.75) is 44.6 Å². The van der Waals surface area contributed by atoms with Crippen molar-refractivity contribution < 1.29 is 9.21 Å². The van der Waals surface area contributed by atoms with Gasteiger partial charge in [-0.15, -0.1) is 0 Å². The van der Waals surface area contributed by atoms with Gasteiger partial charge in [-0.3, -0.25) is 4.79 Å². The molecule has 1 aromatic carbocycles. The van der Waals surface area contributed by atoms with E-state index in [0.29, 0.717) is 6.04 Å². The van der Waals surface area contributed by atoms with Crippen LogP contribution in [0.5, 0.6) is 0 Å². The molecule has 0 aliphatic heterocycles. The maximum absolute atomic E-state index is 12.6. The number of rotatable bonds is 3. The zero-order chi connectivity index (χ0) is 15.4. The van der Waals surface area contributed by atoms with E-state index in [2.05, 4.69) is 4.98 Å². The molecule has 4 heteroatoms. The molecule has 0 N–H and O–H groups in total. The Morgan fingerprint density at radius 3 is 2.41 bits per heavy atom. The topological polar surface area (TPSA) is 46.3 Å². The molecular weight excluding hydrogens is 276 g/mol. The maximum Gasteiger partial charge on any atom is 0.253 e. The van der Waals surface area contributed by atoms with Crippen LogP contribution in [0, 0.1) is 0 Å². The Labute approximate surface area is 131 Å². The van der Waals surface area contributed by atoms with Gasteiger partial charge in [-0.05, 0) is 25.0 Å². The largest absolute Gasteiger partial charge is 0.444 e. The van der Waals surface area contributed by atoms with Crippen molar-refractivity contribution in [3.63, 3.8) is 0 Å². The van der Waals surface area contributed by atoms with E-state index in [1.165, 1.54) is 32.1 Å². The van der Waals surface area contributed by atoms with Crippen molar-refractivity contribution in [2.75, 3.05) is 7.05 Å². The summed E-state index contributed by atoms with van der Waals surface area (Å²) >= 11 is 0. The van der Waals surface area contributed by atoms with Gasteiger partial charge in [-0.1, -0.05) is 37.8 Å². The van der Waals surface area contributed by atoms with Crippen molar-refractivity contribution in [3.8, 4) is 11.3 Å². The second kappa shape index (κ2) is 6.77. The standard InChI is InChI=1S/C18H22N2O2/c1-20(16-6-4-2-3-5-7-16)18(21)15-10-8-14(9-11-15)17-12-19-13-22-17/h8-13,16H,2-7H2,1H3. The average molecular weight is 298 g/mol. The second-order valence-electron chi connectivity index (χ2n) is 6.00. The summed E-state index contributed by atoms with van der Waals surface area (Å²) in [5, 5.41) is 0. The number of aromatic nitrogens is 1. The molecule has 1 saturated carbocycles. The summed E-state index contributed by atoms with van der Waals surface area (Å²) in [7, 11) is 1.93. The Hall–Kier alpha value is -2.10. The lowest BCUT2D eigenvalue weighted by Crippen LogP contribution is -2.36. The molecule has 1 amide bonds. The molecule has 0 atom stereocenters. The number of oxazole rings is 1. The van der Waals surface area contributed by atoms with Crippen molar-refractivity contribution in [2.24, 2.45) is 0 Å². The van der Waals surface area contributed by atoms with Gasteiger partial charge in [-0.2, -0.15) is 0 Å². The lowest BCUT2D eigenvalue weighted by atomic mass is 10.1. The fourth-order valence-corrected chi connectivity index (χ4v) is 3.15. The van der Waals surface area contributed by atoms with E-state index in [4.69, 9.17) is 4.42 Å². The van der Waals surface area contributed by atoms with Gasteiger partial charge in [-0.25, -0.2) is 4.98 Å². The van der Waals surface area contributed by atoms with E-state index in [9.17, 15) is 4.79 Å². The zero-order valence-electron chi connectivity index (χ0n) is 13.0. The van der Waals surface area contributed by atoms with Crippen molar-refractivity contribution >= 4 is 5.91 Å². The van der Waals surface area contributed by atoms with Crippen LogP contribution < -0.4 is 0 Å². The van der Waals surface area contributed by atoms with Crippen molar-refractivity contribution in [1.29, 1.82) is 0 Å². The first-order valence-electron chi connectivity index (χ1n) is 8.02. The number of benzene rings is 1. The predicted octanol–water partition coefficient (Wildman–Crippen LogP) is 4.14. The van der Waals surface area contributed by atoms with Crippen LogP contribution in [0.15, 0.2) is 41.3 Å². The van der Waals surface area contributed by atoms with E-state index < -0.39 is 0 Å². The number of amides is 1. The second-order valence-corrected chi connectivity index (χ2v) is 6.00. The maximum atomic E-state index is 12.6. The van der Waals surface area contributed by atoms with E-state index in [0.717, 1.165) is 29.7 Å². The van der Waals surface area contributed by atoms with Gasteiger partial charge in [0.15, 0.2) is 12.2 Å². The molecule has 1 aromatic heterocycles. The predicted molar refractivity (Wildman–Crippen MR) is 85.5 cm³/mol. The highest BCUT2D eigenvalue weighted by Crippen LogP contribution is 2.23. The lowest BCUT2D eigenvalue weighted by molar-refractivity contribution is 0.0717. The first-order valence-corrected chi connectivity index (χ1v) is 8.02. The summed E-state index contributed by atoms with van der Waals surface area (Å²) in [5.41, 5.74) is 1.67. The third-order valence-corrected chi connectivity index (χ3v) is 4.54. The molecule has 1 aliphatic carbocycles. The average Bonchev–Trinajstić information content (AvgIpc) is 2.96. The Bertz CT molecular complexity index is 597. The number of hydrogen-bond donors (Lipinski definition) is 0. The smallest absolute Gasteiger partial charge is 0.253 e. The van der Waals surface area contributed by atoms with Gasteiger partial charge in [0.25, 0.3) is 5.91 Å². The highest BCUT2D eigenvalue weighted by Gasteiger charge is 2.22. The summed E-state index contributed by atoms with van der Waals surface area (Å²) in [4.78, 5) is 18.5. The molecule has 0 radical (unpaired) electrons.